The van der Waals surface area contributed by atoms with Crippen molar-refractivity contribution in [2.45, 2.75) is 19.8 Å². The number of rotatable bonds is 5. The fourth-order valence-electron chi connectivity index (χ4n) is 4.21. The number of benzene rings is 3. The SMILES string of the molecule is CCC1=CCC([Si](c2ccccc2)(c2ccccc2)c2ccccc2)=C1. The van der Waals surface area contributed by atoms with E-state index in [0.717, 1.165) is 12.8 Å². The second-order valence-electron chi connectivity index (χ2n) is 6.85. The first-order valence-electron chi connectivity index (χ1n) is 9.42. The van der Waals surface area contributed by atoms with Gasteiger partial charge < -0.3 is 0 Å². The van der Waals surface area contributed by atoms with Gasteiger partial charge in [0.1, 0.15) is 0 Å². The van der Waals surface area contributed by atoms with Crippen LogP contribution in [0.3, 0.4) is 0 Å². The molecule has 1 heteroatoms. The Morgan fingerprint density at radius 1 is 0.654 bits per heavy atom. The first-order valence-corrected chi connectivity index (χ1v) is 11.4. The van der Waals surface area contributed by atoms with Crippen molar-refractivity contribution >= 4 is 23.6 Å². The van der Waals surface area contributed by atoms with Crippen LogP contribution < -0.4 is 15.6 Å². The second kappa shape index (κ2) is 7.31. The van der Waals surface area contributed by atoms with Crippen LogP contribution >= 0.6 is 0 Å². The van der Waals surface area contributed by atoms with E-state index in [-0.39, 0.29) is 0 Å². The average Bonchev–Trinajstić information content (AvgIpc) is 3.21. The van der Waals surface area contributed by atoms with E-state index in [9.17, 15) is 0 Å². The molecule has 0 unspecified atom stereocenters. The Hall–Kier alpha value is -2.64. The van der Waals surface area contributed by atoms with Gasteiger partial charge in [-0.1, -0.05) is 121 Å². The van der Waals surface area contributed by atoms with Crippen molar-refractivity contribution in [3.8, 4) is 0 Å². The lowest BCUT2D eigenvalue weighted by Crippen LogP contribution is -2.68. The van der Waals surface area contributed by atoms with E-state index in [1.807, 2.05) is 0 Å². The van der Waals surface area contributed by atoms with Gasteiger partial charge in [0.2, 0.25) is 0 Å². The summed E-state index contributed by atoms with van der Waals surface area (Å²) in [6.45, 7) is 2.25. The predicted molar refractivity (Wildman–Crippen MR) is 115 cm³/mol. The zero-order valence-corrected chi connectivity index (χ0v) is 16.2. The molecule has 128 valence electrons. The predicted octanol–water partition coefficient (Wildman–Crippen LogP) is 4.36. The van der Waals surface area contributed by atoms with Crippen molar-refractivity contribution in [3.05, 3.63) is 114 Å². The van der Waals surface area contributed by atoms with Gasteiger partial charge in [-0.25, -0.2) is 0 Å². The normalized spacial score (nSPS) is 14.0. The molecule has 1 aliphatic rings. The van der Waals surface area contributed by atoms with Crippen LogP contribution in [0.2, 0.25) is 0 Å². The van der Waals surface area contributed by atoms with Crippen molar-refractivity contribution in [2.75, 3.05) is 0 Å². The number of hydrogen-bond donors (Lipinski definition) is 0. The Morgan fingerprint density at radius 2 is 1.08 bits per heavy atom. The molecule has 0 heterocycles. The van der Waals surface area contributed by atoms with Crippen molar-refractivity contribution in [2.24, 2.45) is 0 Å². The van der Waals surface area contributed by atoms with Gasteiger partial charge in [-0.3, -0.25) is 0 Å². The highest BCUT2D eigenvalue weighted by Gasteiger charge is 2.43. The molecule has 0 amide bonds. The summed E-state index contributed by atoms with van der Waals surface area (Å²) >= 11 is 0. The minimum atomic E-state index is -2.24. The molecule has 0 saturated carbocycles. The molecule has 0 radical (unpaired) electrons. The van der Waals surface area contributed by atoms with Crippen LogP contribution in [-0.4, -0.2) is 8.07 Å². The molecular formula is C25H24Si. The highest BCUT2D eigenvalue weighted by molar-refractivity contribution is 7.16. The quantitative estimate of drug-likeness (QED) is 0.473. The Kier molecular flexibility index (Phi) is 4.72. The Balaban J connectivity index is 2.05. The van der Waals surface area contributed by atoms with E-state index < -0.39 is 8.07 Å². The van der Waals surface area contributed by atoms with E-state index >= 15 is 0 Å². The highest BCUT2D eigenvalue weighted by Crippen LogP contribution is 2.28. The Labute approximate surface area is 157 Å². The molecule has 0 atom stereocenters. The zero-order chi connectivity index (χ0) is 17.8. The summed E-state index contributed by atoms with van der Waals surface area (Å²) in [5.41, 5.74) is 1.47. The van der Waals surface area contributed by atoms with Gasteiger partial charge in [0.05, 0.1) is 0 Å². The van der Waals surface area contributed by atoms with Gasteiger partial charge in [0.25, 0.3) is 0 Å². The van der Waals surface area contributed by atoms with Crippen molar-refractivity contribution in [1.82, 2.24) is 0 Å². The van der Waals surface area contributed by atoms with Gasteiger partial charge >= 0.3 is 0 Å². The molecule has 3 aromatic carbocycles. The fourth-order valence-corrected chi connectivity index (χ4v) is 9.21. The highest BCUT2D eigenvalue weighted by atomic mass is 28.3. The van der Waals surface area contributed by atoms with Gasteiger partial charge in [-0.05, 0) is 28.4 Å². The van der Waals surface area contributed by atoms with Crippen LogP contribution in [-0.2, 0) is 0 Å². The smallest absolute Gasteiger partial charge is 0.0776 e. The summed E-state index contributed by atoms with van der Waals surface area (Å²) < 4.78 is 0. The van der Waals surface area contributed by atoms with Crippen molar-refractivity contribution < 1.29 is 0 Å². The van der Waals surface area contributed by atoms with Gasteiger partial charge in [0, 0.05) is 0 Å². The zero-order valence-electron chi connectivity index (χ0n) is 15.2. The lowest BCUT2D eigenvalue weighted by molar-refractivity contribution is 1.15. The molecule has 3 aromatic rings. The summed E-state index contributed by atoms with van der Waals surface area (Å²) in [5.74, 6) is 0. The van der Waals surface area contributed by atoms with Crippen LogP contribution in [0.25, 0.3) is 0 Å². The largest absolute Gasteiger partial charge is 0.175 e. The molecule has 26 heavy (non-hydrogen) atoms. The molecule has 0 nitrogen and oxygen atoms in total. The first kappa shape index (κ1) is 16.8. The second-order valence-corrected chi connectivity index (χ2v) is 10.7. The van der Waals surface area contributed by atoms with E-state index in [0.29, 0.717) is 0 Å². The van der Waals surface area contributed by atoms with E-state index in [1.54, 1.807) is 5.20 Å². The maximum Gasteiger partial charge on any atom is 0.175 e. The summed E-state index contributed by atoms with van der Waals surface area (Å²) in [7, 11) is -2.24. The maximum absolute atomic E-state index is 2.49. The van der Waals surface area contributed by atoms with Crippen LogP contribution in [0.5, 0.6) is 0 Å². The molecule has 0 fully saturated rings. The molecule has 0 aromatic heterocycles. The molecule has 0 saturated heterocycles. The Morgan fingerprint density at radius 3 is 1.42 bits per heavy atom. The molecule has 1 aliphatic carbocycles. The third kappa shape index (κ3) is 2.79. The van der Waals surface area contributed by atoms with E-state index in [1.165, 1.54) is 21.1 Å². The van der Waals surface area contributed by atoms with Crippen LogP contribution in [0.1, 0.15) is 19.8 Å². The van der Waals surface area contributed by atoms with Crippen molar-refractivity contribution in [1.29, 1.82) is 0 Å². The van der Waals surface area contributed by atoms with Gasteiger partial charge in [-0.15, -0.1) is 0 Å². The van der Waals surface area contributed by atoms with Crippen LogP contribution in [0.15, 0.2) is 114 Å². The van der Waals surface area contributed by atoms with E-state index in [2.05, 4.69) is 110 Å². The lowest BCUT2D eigenvalue weighted by Gasteiger charge is -2.35. The monoisotopic (exact) mass is 352 g/mol. The minimum Gasteiger partial charge on any atom is -0.0776 e. The Bertz CT molecular complexity index is 825. The summed E-state index contributed by atoms with van der Waals surface area (Å²) in [5, 5.41) is 6.00. The molecular weight excluding hydrogens is 328 g/mol. The van der Waals surface area contributed by atoms with Crippen LogP contribution in [0, 0.1) is 0 Å². The van der Waals surface area contributed by atoms with E-state index in [4.69, 9.17) is 0 Å². The standard InChI is InChI=1S/C25H24Si/c1-2-21-18-19-25(20-21)26(22-12-6-3-7-13-22,23-14-8-4-9-15-23)24-16-10-5-11-17-24/h3-18,20H,2,19H2,1H3. The molecule has 0 N–H and O–H groups in total. The maximum atomic E-state index is 2.49. The summed E-state index contributed by atoms with van der Waals surface area (Å²) in [6, 6.07) is 33.5. The van der Waals surface area contributed by atoms with Crippen LogP contribution in [0.4, 0.5) is 0 Å². The van der Waals surface area contributed by atoms with Crippen molar-refractivity contribution in [3.63, 3.8) is 0 Å². The first-order chi connectivity index (χ1) is 12.9. The van der Waals surface area contributed by atoms with Gasteiger partial charge in [0.15, 0.2) is 8.07 Å². The average molecular weight is 353 g/mol. The number of hydrogen-bond acceptors (Lipinski definition) is 0. The fraction of sp³-hybridized carbons (Fsp3) is 0.120. The van der Waals surface area contributed by atoms with Gasteiger partial charge in [-0.2, -0.15) is 0 Å². The molecule has 0 bridgehead atoms. The summed E-state index contributed by atoms with van der Waals surface area (Å²) in [6.07, 6.45) is 7.07. The summed E-state index contributed by atoms with van der Waals surface area (Å²) in [4.78, 5) is 0. The topological polar surface area (TPSA) is 0 Å². The molecule has 4 rings (SSSR count). The molecule has 0 aliphatic heterocycles. The third-order valence-electron chi connectivity index (χ3n) is 5.45. The molecule has 0 spiro atoms. The minimum absolute atomic E-state index is 1.06. The number of allylic oxidation sites excluding steroid dienone is 4. The third-order valence-corrected chi connectivity index (χ3v) is 10.4. The lowest BCUT2D eigenvalue weighted by atomic mass is 10.2.